The molecule has 7 rings (SSSR count). The summed E-state index contributed by atoms with van der Waals surface area (Å²) in [4.78, 5) is 86.4. The van der Waals surface area contributed by atoms with E-state index in [0.29, 0.717) is 16.7 Å². The third-order valence-electron chi connectivity index (χ3n) is 14.1. The maximum atomic E-state index is 14.7. The van der Waals surface area contributed by atoms with Gasteiger partial charge in [0, 0.05) is 37.4 Å². The van der Waals surface area contributed by atoms with Gasteiger partial charge in [-0.25, -0.2) is 0 Å². The van der Waals surface area contributed by atoms with Gasteiger partial charge in [0.05, 0.1) is 39.6 Å². The molecule has 1 aliphatic carbocycles. The van der Waals surface area contributed by atoms with Crippen molar-refractivity contribution in [1.29, 1.82) is 0 Å². The van der Waals surface area contributed by atoms with Gasteiger partial charge in [0.1, 0.15) is 18.1 Å². The Morgan fingerprint density at radius 2 is 0.595 bits per heavy atom. The summed E-state index contributed by atoms with van der Waals surface area (Å²) in [6, 6.07) is 42.2. The number of rotatable bonds is 30. The monoisotopic (exact) mass is 1150 g/mol. The molecule has 0 saturated heterocycles. The quantitative estimate of drug-likeness (QED) is 0.0244. The van der Waals surface area contributed by atoms with Crippen LogP contribution in [0, 0.1) is 17.8 Å². The van der Waals surface area contributed by atoms with E-state index in [1.807, 2.05) is 91.0 Å². The van der Waals surface area contributed by atoms with Gasteiger partial charge >= 0.3 is 21.4 Å². The lowest BCUT2D eigenvalue weighted by atomic mass is 9.73. The van der Waals surface area contributed by atoms with Crippen LogP contribution in [-0.4, -0.2) is 125 Å². The van der Waals surface area contributed by atoms with Crippen LogP contribution in [0.15, 0.2) is 164 Å². The highest BCUT2D eigenvalue weighted by molar-refractivity contribution is 6.59. The lowest BCUT2D eigenvalue weighted by molar-refractivity contribution is -0.140. The molecule has 0 bridgehead atoms. The summed E-state index contributed by atoms with van der Waals surface area (Å²) in [6.07, 6.45) is -0.410. The Hall–Kier alpha value is -8.03. The second-order valence-electron chi connectivity index (χ2n) is 20.5. The fraction of sp³-hybridized carbons (Fsp3) is 0.300. The first-order valence-corrected chi connectivity index (χ1v) is 27.5. The smallest absolute Gasteiger partial charge is 0.423 e. The molecule has 12 N–H and O–H groups in total. The topological polar surface area (TPSA) is 324 Å². The molecule has 6 aromatic rings. The molecule has 84 heavy (non-hydrogen) atoms. The fourth-order valence-corrected chi connectivity index (χ4v) is 9.35. The van der Waals surface area contributed by atoms with Crippen LogP contribution in [0.3, 0.4) is 0 Å². The van der Waals surface area contributed by atoms with Crippen molar-refractivity contribution in [2.45, 2.75) is 76.8 Å². The molecule has 0 radical (unpaired) electrons. The third-order valence-corrected chi connectivity index (χ3v) is 14.1. The lowest BCUT2D eigenvalue weighted by Crippen LogP contribution is -2.55. The molecule has 24 heteroatoms. The summed E-state index contributed by atoms with van der Waals surface area (Å²) in [5.74, 6) is -7.23. The molecular weight excluding hydrogens is 1080 g/mol. The molecule has 1 aliphatic rings. The standard InChI is InChI=1S/C60H69B3N6O15/c70-55(67-52(37-82-34-43-10-4-1-5-11-43)58(73)64-31-40-16-22-49(23-17-40)61(76)77)46-28-47(56(71)68-53(38-83-35-44-12-6-2-7-13-44)59(74)65-32-41-18-24-50(25-19-41)62(78)79)30-48(29-46)57(72)69-54(39-84-36-45-14-8-3-9-15-45)60(75)66-33-42-20-26-51(27-21-42)63(80)81/h1-27,46-48,52-54,76-81H,28-39H2,(H,64,73)(H,65,74)(H,66,75)(H,67,70)(H,68,71)(H,69,72)/t46?,47?,48?,52-,53-,54-/m0/s1. The Morgan fingerprint density at radius 3 is 0.821 bits per heavy atom. The summed E-state index contributed by atoms with van der Waals surface area (Å²) in [5, 5.41) is 74.3. The molecule has 6 amide bonds. The van der Waals surface area contributed by atoms with E-state index in [9.17, 15) is 58.9 Å². The molecular formula is C60H69B3N6O15. The zero-order valence-corrected chi connectivity index (χ0v) is 46.1. The normalized spacial score (nSPS) is 15.7. The van der Waals surface area contributed by atoms with E-state index in [1.54, 1.807) is 36.4 Å². The van der Waals surface area contributed by atoms with E-state index >= 15 is 0 Å². The van der Waals surface area contributed by atoms with Crippen LogP contribution in [0.1, 0.15) is 52.6 Å². The molecule has 6 aromatic carbocycles. The molecule has 0 aromatic heterocycles. The average molecular weight is 1150 g/mol. The second-order valence-corrected chi connectivity index (χ2v) is 20.5. The molecule has 1 saturated carbocycles. The van der Waals surface area contributed by atoms with E-state index in [4.69, 9.17) is 14.2 Å². The van der Waals surface area contributed by atoms with Crippen molar-refractivity contribution in [2.75, 3.05) is 19.8 Å². The van der Waals surface area contributed by atoms with Gasteiger partial charge in [0.2, 0.25) is 35.4 Å². The van der Waals surface area contributed by atoms with Crippen LogP contribution >= 0.6 is 0 Å². The van der Waals surface area contributed by atoms with Crippen LogP contribution in [-0.2, 0) is 82.4 Å². The van der Waals surface area contributed by atoms with Crippen LogP contribution in [0.25, 0.3) is 0 Å². The van der Waals surface area contributed by atoms with Crippen molar-refractivity contribution in [3.8, 4) is 0 Å². The van der Waals surface area contributed by atoms with Crippen LogP contribution < -0.4 is 48.3 Å². The highest BCUT2D eigenvalue weighted by Crippen LogP contribution is 2.35. The molecule has 0 heterocycles. The van der Waals surface area contributed by atoms with Gasteiger partial charge in [-0.2, -0.15) is 0 Å². The van der Waals surface area contributed by atoms with Crippen molar-refractivity contribution in [3.63, 3.8) is 0 Å². The Labute approximate surface area is 488 Å². The van der Waals surface area contributed by atoms with Gasteiger partial charge in [-0.05, 0) is 69.0 Å². The number of benzene rings is 6. The minimum atomic E-state index is -1.69. The Balaban J connectivity index is 1.13. The van der Waals surface area contributed by atoms with Crippen molar-refractivity contribution < 1.29 is 73.1 Å². The predicted octanol–water partition coefficient (Wildman–Crippen LogP) is -0.888. The molecule has 21 nitrogen and oxygen atoms in total. The number of amides is 6. The molecule has 0 unspecified atom stereocenters. The summed E-state index contributed by atoms with van der Waals surface area (Å²) >= 11 is 0. The van der Waals surface area contributed by atoms with Crippen molar-refractivity contribution in [2.24, 2.45) is 17.8 Å². The maximum absolute atomic E-state index is 14.7. The van der Waals surface area contributed by atoms with Crippen molar-refractivity contribution in [3.05, 3.63) is 197 Å². The number of nitrogens with one attached hydrogen (secondary N) is 6. The molecule has 0 aliphatic heterocycles. The average Bonchev–Trinajstić information content (AvgIpc) is 3.63. The first-order valence-electron chi connectivity index (χ1n) is 27.5. The van der Waals surface area contributed by atoms with Gasteiger partial charge in [-0.3, -0.25) is 28.8 Å². The summed E-state index contributed by atoms with van der Waals surface area (Å²) in [5.41, 5.74) is 4.98. The van der Waals surface area contributed by atoms with Gasteiger partial charge in [0.25, 0.3) is 0 Å². The number of carbonyl (C=O) groups excluding carboxylic acids is 6. The van der Waals surface area contributed by atoms with Crippen LogP contribution in [0.2, 0.25) is 0 Å². The van der Waals surface area contributed by atoms with Crippen LogP contribution in [0.4, 0.5) is 0 Å². The number of ether oxygens (including phenoxy) is 3. The first-order chi connectivity index (χ1) is 40.6. The number of hydrogen-bond acceptors (Lipinski definition) is 15. The summed E-state index contributed by atoms with van der Waals surface area (Å²) in [7, 11) is -5.08. The van der Waals surface area contributed by atoms with Crippen molar-refractivity contribution in [1.82, 2.24) is 31.9 Å². The zero-order valence-electron chi connectivity index (χ0n) is 46.1. The predicted molar refractivity (Wildman–Crippen MR) is 313 cm³/mol. The minimum Gasteiger partial charge on any atom is -0.423 e. The highest BCUT2D eigenvalue weighted by atomic mass is 16.5. The lowest BCUT2D eigenvalue weighted by Gasteiger charge is -2.35. The van der Waals surface area contributed by atoms with E-state index < -0.39 is 92.7 Å². The fourth-order valence-electron chi connectivity index (χ4n) is 9.35. The Morgan fingerprint density at radius 1 is 0.357 bits per heavy atom. The Bertz CT molecular complexity index is 2710. The van der Waals surface area contributed by atoms with Crippen LogP contribution in [0.5, 0.6) is 0 Å². The molecule has 1 fully saturated rings. The van der Waals surface area contributed by atoms with Gasteiger partial charge in [-0.15, -0.1) is 0 Å². The highest BCUT2D eigenvalue weighted by Gasteiger charge is 2.42. The minimum absolute atomic E-state index is 0.00647. The summed E-state index contributed by atoms with van der Waals surface area (Å²) < 4.78 is 18.0. The van der Waals surface area contributed by atoms with Gasteiger partial charge < -0.3 is 76.3 Å². The Kier molecular flexibility index (Phi) is 24.8. The van der Waals surface area contributed by atoms with Crippen molar-refractivity contribution >= 4 is 73.2 Å². The van der Waals surface area contributed by atoms with E-state index in [1.165, 1.54) is 36.4 Å². The zero-order chi connectivity index (χ0) is 59.8. The number of hydrogen-bond donors (Lipinski definition) is 12. The van der Waals surface area contributed by atoms with E-state index in [-0.39, 0.29) is 94.9 Å². The van der Waals surface area contributed by atoms with E-state index in [2.05, 4.69) is 31.9 Å². The SMILES string of the molecule is O=C(N[C@@H](COCc1ccccc1)C(=O)NCc1ccc(B(O)O)cc1)C1CC(C(=O)N[C@@H](COCc2ccccc2)C(=O)NCc2ccc(B(O)O)cc2)CC(C(=O)N[C@@H](COCc2ccccc2)C(=O)NCc2ccc(B(O)O)cc2)C1. The van der Waals surface area contributed by atoms with Gasteiger partial charge in [-0.1, -0.05) is 164 Å². The largest absolute Gasteiger partial charge is 0.488 e. The maximum Gasteiger partial charge on any atom is 0.488 e. The van der Waals surface area contributed by atoms with Gasteiger partial charge in [0.15, 0.2) is 0 Å². The molecule has 438 valence electrons. The molecule has 3 atom stereocenters. The third kappa shape index (κ3) is 20.4. The first kappa shape index (κ1) is 63.6. The summed E-state index contributed by atoms with van der Waals surface area (Å²) in [6.45, 7) is -0.613. The van der Waals surface area contributed by atoms with E-state index in [0.717, 1.165) is 16.7 Å². The number of carbonyl (C=O) groups is 6. The second kappa shape index (κ2) is 32.7. The molecule has 0 spiro atoms.